The van der Waals surface area contributed by atoms with Crippen molar-refractivity contribution in [2.45, 2.75) is 57.9 Å². The second-order valence-electron chi connectivity index (χ2n) is 5.32. The Balaban J connectivity index is 2.06. The molecule has 0 aromatic rings. The van der Waals surface area contributed by atoms with Gasteiger partial charge < -0.3 is 10.5 Å². The summed E-state index contributed by atoms with van der Waals surface area (Å²) >= 11 is 0. The summed E-state index contributed by atoms with van der Waals surface area (Å²) in [6.45, 7) is 3.61. The van der Waals surface area contributed by atoms with Crippen molar-refractivity contribution in [2.24, 2.45) is 17.6 Å². The summed E-state index contributed by atoms with van der Waals surface area (Å²) in [6.07, 6.45) is 13.8. The van der Waals surface area contributed by atoms with Crippen LogP contribution in [0, 0.1) is 24.2 Å². The van der Waals surface area contributed by atoms with E-state index in [1.807, 2.05) is 0 Å². The van der Waals surface area contributed by atoms with Crippen LogP contribution >= 0.6 is 0 Å². The number of hydrogen-bond donors (Lipinski definition) is 1. The van der Waals surface area contributed by atoms with Crippen LogP contribution in [0.4, 0.5) is 0 Å². The van der Waals surface area contributed by atoms with Gasteiger partial charge in [-0.15, -0.1) is 12.3 Å². The number of nitrogens with two attached hydrogens (primary N) is 1. The van der Waals surface area contributed by atoms with E-state index >= 15 is 0 Å². The molecule has 0 aliphatic heterocycles. The lowest BCUT2D eigenvalue weighted by molar-refractivity contribution is 0.114. The van der Waals surface area contributed by atoms with E-state index in [0.717, 1.165) is 18.3 Å². The maximum Gasteiger partial charge on any atom is 0.0618 e. The molecule has 0 aromatic carbocycles. The summed E-state index contributed by atoms with van der Waals surface area (Å²) in [4.78, 5) is 0. The van der Waals surface area contributed by atoms with Gasteiger partial charge >= 0.3 is 0 Å². The van der Waals surface area contributed by atoms with Crippen molar-refractivity contribution in [2.75, 3.05) is 13.2 Å². The van der Waals surface area contributed by atoms with Crippen LogP contribution in [0.1, 0.15) is 51.9 Å². The molecular weight excluding hydrogens is 210 g/mol. The van der Waals surface area contributed by atoms with Gasteiger partial charge in [0.05, 0.1) is 13.2 Å². The lowest BCUT2D eigenvalue weighted by atomic mass is 9.78. The highest BCUT2D eigenvalue weighted by molar-refractivity contribution is 4.83. The van der Waals surface area contributed by atoms with Gasteiger partial charge in [-0.2, -0.15) is 0 Å². The Hall–Kier alpha value is -0.520. The van der Waals surface area contributed by atoms with E-state index in [2.05, 4.69) is 12.8 Å². The topological polar surface area (TPSA) is 35.2 Å². The predicted molar refractivity (Wildman–Crippen MR) is 72.6 cm³/mol. The molecule has 0 heterocycles. The largest absolute Gasteiger partial charge is 0.379 e. The fourth-order valence-corrected chi connectivity index (χ4v) is 2.74. The molecule has 17 heavy (non-hydrogen) atoms. The Morgan fingerprint density at radius 2 is 1.94 bits per heavy atom. The normalized spacial score (nSPS) is 26.4. The van der Waals surface area contributed by atoms with Crippen molar-refractivity contribution in [1.82, 2.24) is 0 Å². The molecule has 2 nitrogen and oxygen atoms in total. The third kappa shape index (κ3) is 6.10. The molecule has 98 valence electrons. The van der Waals surface area contributed by atoms with Crippen LogP contribution < -0.4 is 5.73 Å². The highest BCUT2D eigenvalue weighted by Gasteiger charge is 2.21. The Morgan fingerprint density at radius 3 is 2.53 bits per heavy atom. The molecule has 0 radical (unpaired) electrons. The highest BCUT2D eigenvalue weighted by atomic mass is 16.5. The monoisotopic (exact) mass is 237 g/mol. The van der Waals surface area contributed by atoms with Gasteiger partial charge in [-0.3, -0.25) is 0 Å². The van der Waals surface area contributed by atoms with E-state index in [1.54, 1.807) is 0 Å². The SMILES string of the molecule is C#CCCOCC(N)CC1CCC(CC)CC1. The molecule has 1 unspecified atom stereocenters. The third-order valence-electron chi connectivity index (χ3n) is 3.90. The first kappa shape index (κ1) is 14.5. The summed E-state index contributed by atoms with van der Waals surface area (Å²) in [5, 5.41) is 0. The maximum absolute atomic E-state index is 6.08. The van der Waals surface area contributed by atoms with Crippen molar-refractivity contribution in [3.63, 3.8) is 0 Å². The van der Waals surface area contributed by atoms with E-state index < -0.39 is 0 Å². The average Bonchev–Trinajstić information content (AvgIpc) is 2.36. The van der Waals surface area contributed by atoms with Gasteiger partial charge in [0.2, 0.25) is 0 Å². The Morgan fingerprint density at radius 1 is 1.29 bits per heavy atom. The lowest BCUT2D eigenvalue weighted by Gasteiger charge is -2.29. The van der Waals surface area contributed by atoms with Crippen molar-refractivity contribution in [3.05, 3.63) is 0 Å². The van der Waals surface area contributed by atoms with Gasteiger partial charge in [0, 0.05) is 12.5 Å². The summed E-state index contributed by atoms with van der Waals surface area (Å²) in [7, 11) is 0. The van der Waals surface area contributed by atoms with Crippen LogP contribution in [-0.2, 0) is 4.74 Å². The predicted octanol–water partition coefficient (Wildman–Crippen LogP) is 2.96. The van der Waals surface area contributed by atoms with Gasteiger partial charge in [-0.1, -0.05) is 39.0 Å². The molecule has 1 aliphatic rings. The fraction of sp³-hybridized carbons (Fsp3) is 0.867. The van der Waals surface area contributed by atoms with E-state index in [9.17, 15) is 0 Å². The smallest absolute Gasteiger partial charge is 0.0618 e. The van der Waals surface area contributed by atoms with Crippen molar-refractivity contribution >= 4 is 0 Å². The Bertz CT molecular complexity index is 226. The molecule has 1 atom stereocenters. The number of ether oxygens (including phenoxy) is 1. The van der Waals surface area contributed by atoms with Crippen LogP contribution in [0.15, 0.2) is 0 Å². The molecule has 2 heteroatoms. The first-order chi connectivity index (χ1) is 8.26. The minimum Gasteiger partial charge on any atom is -0.379 e. The van der Waals surface area contributed by atoms with Crippen LogP contribution in [0.25, 0.3) is 0 Å². The number of hydrogen-bond acceptors (Lipinski definition) is 2. The van der Waals surface area contributed by atoms with Gasteiger partial charge in [0.1, 0.15) is 0 Å². The second-order valence-corrected chi connectivity index (χ2v) is 5.32. The molecule has 1 saturated carbocycles. The number of terminal acetylenes is 1. The highest BCUT2D eigenvalue weighted by Crippen LogP contribution is 2.32. The van der Waals surface area contributed by atoms with Crippen molar-refractivity contribution in [1.29, 1.82) is 0 Å². The van der Waals surface area contributed by atoms with Crippen LogP contribution in [0.3, 0.4) is 0 Å². The lowest BCUT2D eigenvalue weighted by Crippen LogP contribution is -2.30. The minimum atomic E-state index is 0.191. The summed E-state index contributed by atoms with van der Waals surface area (Å²) in [5.41, 5.74) is 6.08. The molecule has 0 amide bonds. The summed E-state index contributed by atoms with van der Waals surface area (Å²) in [5.74, 6) is 4.36. The van der Waals surface area contributed by atoms with Gasteiger partial charge in [0.15, 0.2) is 0 Å². The van der Waals surface area contributed by atoms with Gasteiger partial charge in [-0.25, -0.2) is 0 Å². The van der Waals surface area contributed by atoms with Crippen LogP contribution in [-0.4, -0.2) is 19.3 Å². The molecule has 2 N–H and O–H groups in total. The first-order valence-electron chi connectivity index (χ1n) is 7.03. The van der Waals surface area contributed by atoms with E-state index in [4.69, 9.17) is 16.9 Å². The minimum absolute atomic E-state index is 0.191. The Kier molecular flexibility index (Phi) is 7.32. The third-order valence-corrected chi connectivity index (χ3v) is 3.90. The maximum atomic E-state index is 6.08. The molecule has 0 bridgehead atoms. The zero-order chi connectivity index (χ0) is 12.5. The van der Waals surface area contributed by atoms with Gasteiger partial charge in [-0.05, 0) is 18.3 Å². The first-order valence-corrected chi connectivity index (χ1v) is 7.03. The zero-order valence-electron chi connectivity index (χ0n) is 11.2. The van der Waals surface area contributed by atoms with Gasteiger partial charge in [0.25, 0.3) is 0 Å². The molecule has 1 aliphatic carbocycles. The van der Waals surface area contributed by atoms with Crippen molar-refractivity contribution in [3.8, 4) is 12.3 Å². The zero-order valence-corrected chi connectivity index (χ0v) is 11.2. The molecule has 1 fully saturated rings. The molecule has 0 spiro atoms. The summed E-state index contributed by atoms with van der Waals surface area (Å²) < 4.78 is 5.45. The molecule has 0 saturated heterocycles. The average molecular weight is 237 g/mol. The quantitative estimate of drug-likeness (QED) is 0.546. The van der Waals surface area contributed by atoms with Crippen LogP contribution in [0.2, 0.25) is 0 Å². The number of rotatable bonds is 7. The van der Waals surface area contributed by atoms with Crippen LogP contribution in [0.5, 0.6) is 0 Å². The van der Waals surface area contributed by atoms with E-state index in [-0.39, 0.29) is 6.04 Å². The fourth-order valence-electron chi connectivity index (χ4n) is 2.74. The standard InChI is InChI=1S/C15H27NO/c1-3-5-10-17-12-15(16)11-14-8-6-13(4-2)7-9-14/h1,13-15H,4-12,16H2,2H3. The molecule has 0 aromatic heterocycles. The van der Waals surface area contributed by atoms with Crippen molar-refractivity contribution < 1.29 is 4.74 Å². The Labute approximate surface area is 106 Å². The second kappa shape index (κ2) is 8.55. The van der Waals surface area contributed by atoms with E-state index in [1.165, 1.54) is 32.1 Å². The van der Waals surface area contributed by atoms with E-state index in [0.29, 0.717) is 19.6 Å². The molecule has 1 rings (SSSR count). The molecular formula is C15H27NO. The summed E-state index contributed by atoms with van der Waals surface area (Å²) in [6, 6.07) is 0.191.